The van der Waals surface area contributed by atoms with Gasteiger partial charge in [0.1, 0.15) is 5.75 Å². The number of hydrogen-bond donors (Lipinski definition) is 2. The maximum absolute atomic E-state index is 12.4. The number of carbonyl (C=O) groups excluding carboxylic acids is 2. The molecule has 0 atom stereocenters. The predicted octanol–water partition coefficient (Wildman–Crippen LogP) is 4.61. The molecular weight excluding hydrogens is 378 g/mol. The van der Waals surface area contributed by atoms with Crippen molar-refractivity contribution < 1.29 is 23.1 Å². The highest BCUT2D eigenvalue weighted by Gasteiger charge is 2.17. The molecule has 0 heterocycles. The van der Waals surface area contributed by atoms with Crippen molar-refractivity contribution in [2.75, 3.05) is 5.32 Å². The summed E-state index contributed by atoms with van der Waals surface area (Å²) in [6.45, 7) is -2.94. The van der Waals surface area contributed by atoms with E-state index >= 15 is 0 Å². The van der Waals surface area contributed by atoms with Gasteiger partial charge in [0.2, 0.25) is 5.91 Å². The molecule has 0 radical (unpaired) electrons. The second-order valence-corrected chi connectivity index (χ2v) is 6.77. The van der Waals surface area contributed by atoms with Gasteiger partial charge >= 0.3 is 6.61 Å². The van der Waals surface area contributed by atoms with Gasteiger partial charge in [-0.3, -0.25) is 9.59 Å². The Morgan fingerprint density at radius 2 is 1.72 bits per heavy atom. The Balaban J connectivity index is 1.57. The smallest absolute Gasteiger partial charge is 0.387 e. The number of ether oxygens (including phenoxy) is 1. The van der Waals surface area contributed by atoms with Crippen LogP contribution in [0.2, 0.25) is 0 Å². The van der Waals surface area contributed by atoms with E-state index < -0.39 is 12.5 Å². The Labute approximate surface area is 167 Å². The summed E-state index contributed by atoms with van der Waals surface area (Å²) in [5, 5.41) is 5.68. The van der Waals surface area contributed by atoms with Crippen LogP contribution in [-0.4, -0.2) is 24.5 Å². The van der Waals surface area contributed by atoms with Crippen molar-refractivity contribution >= 4 is 23.6 Å². The molecule has 0 spiro atoms. The van der Waals surface area contributed by atoms with E-state index in [1.54, 1.807) is 42.5 Å². The summed E-state index contributed by atoms with van der Waals surface area (Å²) in [5.41, 5.74) is 1.42. The third-order valence-corrected chi connectivity index (χ3v) is 4.65. The number of para-hydroxylation sites is 1. The molecule has 0 saturated heterocycles. The zero-order valence-electron chi connectivity index (χ0n) is 15.7. The second kappa shape index (κ2) is 9.82. The third kappa shape index (κ3) is 6.14. The van der Waals surface area contributed by atoms with Crippen LogP contribution in [0, 0.1) is 0 Å². The van der Waals surface area contributed by atoms with Crippen LogP contribution in [0.3, 0.4) is 0 Å². The van der Waals surface area contributed by atoms with E-state index in [1.807, 2.05) is 0 Å². The number of amides is 2. The number of hydrogen-bond acceptors (Lipinski definition) is 3. The molecule has 29 heavy (non-hydrogen) atoms. The maximum Gasteiger partial charge on any atom is 0.387 e. The summed E-state index contributed by atoms with van der Waals surface area (Å²) in [5.74, 6) is -0.561. The van der Waals surface area contributed by atoms with E-state index in [9.17, 15) is 18.4 Å². The van der Waals surface area contributed by atoms with Crippen LogP contribution >= 0.6 is 0 Å². The molecule has 152 valence electrons. The summed E-state index contributed by atoms with van der Waals surface area (Å²) in [7, 11) is 0. The fourth-order valence-corrected chi connectivity index (χ4v) is 3.21. The first-order valence-electron chi connectivity index (χ1n) is 9.45. The highest BCUT2D eigenvalue weighted by Crippen LogP contribution is 2.22. The lowest BCUT2D eigenvalue weighted by atomic mass is 10.1. The van der Waals surface area contributed by atoms with Crippen molar-refractivity contribution in [1.29, 1.82) is 0 Å². The molecule has 1 aliphatic rings. The first kappa shape index (κ1) is 20.5. The topological polar surface area (TPSA) is 67.4 Å². The summed E-state index contributed by atoms with van der Waals surface area (Å²) in [6.07, 6.45) is 6.94. The molecule has 0 bridgehead atoms. The highest BCUT2D eigenvalue weighted by atomic mass is 19.3. The number of halogens is 2. The minimum atomic E-state index is -2.94. The van der Waals surface area contributed by atoms with E-state index in [0.717, 1.165) is 25.7 Å². The SMILES string of the molecule is O=C(C=Cc1ccccc1OC(F)F)Nc1ccc(C(=O)NC2CCCC2)cc1. The van der Waals surface area contributed by atoms with Crippen LogP contribution in [0.4, 0.5) is 14.5 Å². The summed E-state index contributed by atoms with van der Waals surface area (Å²) in [6, 6.07) is 13.0. The van der Waals surface area contributed by atoms with Gasteiger partial charge in [0.15, 0.2) is 0 Å². The first-order valence-corrected chi connectivity index (χ1v) is 9.45. The van der Waals surface area contributed by atoms with Crippen molar-refractivity contribution in [2.24, 2.45) is 0 Å². The Bertz CT molecular complexity index is 876. The van der Waals surface area contributed by atoms with Crippen molar-refractivity contribution in [2.45, 2.75) is 38.3 Å². The Hall–Kier alpha value is -3.22. The van der Waals surface area contributed by atoms with Gasteiger partial charge in [0, 0.05) is 28.9 Å². The fraction of sp³-hybridized carbons (Fsp3) is 0.273. The average molecular weight is 400 g/mol. The van der Waals surface area contributed by atoms with E-state index in [1.165, 1.54) is 18.2 Å². The van der Waals surface area contributed by atoms with Gasteiger partial charge in [0.25, 0.3) is 5.91 Å². The minimum Gasteiger partial charge on any atom is -0.434 e. The lowest BCUT2D eigenvalue weighted by Gasteiger charge is -2.12. The maximum atomic E-state index is 12.4. The van der Waals surface area contributed by atoms with Crippen LogP contribution in [0.5, 0.6) is 5.75 Å². The number of alkyl halides is 2. The number of rotatable bonds is 7. The van der Waals surface area contributed by atoms with Crippen molar-refractivity contribution in [3.05, 3.63) is 65.7 Å². The molecule has 1 saturated carbocycles. The number of nitrogens with one attached hydrogen (secondary N) is 2. The zero-order valence-corrected chi connectivity index (χ0v) is 15.7. The molecule has 0 aliphatic heterocycles. The number of carbonyl (C=O) groups is 2. The van der Waals surface area contributed by atoms with Crippen LogP contribution in [0.1, 0.15) is 41.6 Å². The molecule has 1 fully saturated rings. The largest absolute Gasteiger partial charge is 0.434 e. The molecule has 1 aliphatic carbocycles. The molecule has 2 amide bonds. The van der Waals surface area contributed by atoms with Crippen LogP contribution in [-0.2, 0) is 4.79 Å². The van der Waals surface area contributed by atoms with Gasteiger partial charge in [-0.05, 0) is 49.2 Å². The van der Waals surface area contributed by atoms with Crippen molar-refractivity contribution in [1.82, 2.24) is 5.32 Å². The summed E-state index contributed by atoms with van der Waals surface area (Å²) in [4.78, 5) is 24.3. The van der Waals surface area contributed by atoms with Crippen LogP contribution < -0.4 is 15.4 Å². The Kier molecular flexibility index (Phi) is 6.94. The lowest BCUT2D eigenvalue weighted by Crippen LogP contribution is -2.32. The van der Waals surface area contributed by atoms with Crippen LogP contribution in [0.15, 0.2) is 54.6 Å². The minimum absolute atomic E-state index is 0.0100. The molecule has 0 aromatic heterocycles. The molecular formula is C22H22F2N2O3. The highest BCUT2D eigenvalue weighted by molar-refractivity contribution is 6.02. The van der Waals surface area contributed by atoms with Crippen LogP contribution in [0.25, 0.3) is 6.08 Å². The predicted molar refractivity (Wildman–Crippen MR) is 107 cm³/mol. The fourth-order valence-electron chi connectivity index (χ4n) is 3.21. The average Bonchev–Trinajstić information content (AvgIpc) is 3.20. The molecule has 2 N–H and O–H groups in total. The molecule has 5 nitrogen and oxygen atoms in total. The van der Waals surface area contributed by atoms with Crippen molar-refractivity contribution in [3.8, 4) is 5.75 Å². The Morgan fingerprint density at radius 3 is 2.41 bits per heavy atom. The monoisotopic (exact) mass is 400 g/mol. The van der Waals surface area contributed by atoms with E-state index in [4.69, 9.17) is 0 Å². The standard InChI is InChI=1S/C22H22F2N2O3/c23-22(24)29-19-8-4-1-5-15(19)11-14-20(27)25-18-12-9-16(10-13-18)21(28)26-17-6-2-3-7-17/h1,4-5,8-14,17,22H,2-3,6-7H2,(H,25,27)(H,26,28). The zero-order chi connectivity index (χ0) is 20.6. The molecule has 0 unspecified atom stereocenters. The molecule has 3 rings (SSSR count). The second-order valence-electron chi connectivity index (χ2n) is 6.77. The van der Waals surface area contributed by atoms with E-state index in [0.29, 0.717) is 16.8 Å². The van der Waals surface area contributed by atoms with Crippen molar-refractivity contribution in [3.63, 3.8) is 0 Å². The number of anilines is 1. The normalized spacial score (nSPS) is 14.3. The molecule has 2 aromatic rings. The first-order chi connectivity index (χ1) is 14.0. The summed E-state index contributed by atoms with van der Waals surface area (Å²) < 4.78 is 29.3. The van der Waals surface area contributed by atoms with E-state index in [2.05, 4.69) is 15.4 Å². The van der Waals surface area contributed by atoms with Gasteiger partial charge in [-0.25, -0.2) is 0 Å². The van der Waals surface area contributed by atoms with Gasteiger partial charge in [0.05, 0.1) is 0 Å². The lowest BCUT2D eigenvalue weighted by molar-refractivity contribution is -0.111. The molecule has 7 heteroatoms. The third-order valence-electron chi connectivity index (χ3n) is 4.65. The molecule has 2 aromatic carbocycles. The van der Waals surface area contributed by atoms with Gasteiger partial charge in [-0.15, -0.1) is 0 Å². The van der Waals surface area contributed by atoms with Gasteiger partial charge in [-0.2, -0.15) is 8.78 Å². The van der Waals surface area contributed by atoms with E-state index in [-0.39, 0.29) is 17.7 Å². The van der Waals surface area contributed by atoms with Gasteiger partial charge < -0.3 is 15.4 Å². The van der Waals surface area contributed by atoms with Gasteiger partial charge in [-0.1, -0.05) is 31.0 Å². The Morgan fingerprint density at radius 1 is 1.03 bits per heavy atom. The quantitative estimate of drug-likeness (QED) is 0.667. The summed E-state index contributed by atoms with van der Waals surface area (Å²) >= 11 is 0. The number of benzene rings is 2.